The van der Waals surface area contributed by atoms with E-state index in [1.807, 2.05) is 66.1 Å². The molecule has 1 N–H and O–H groups in total. The molecule has 3 aromatic carbocycles. The van der Waals surface area contributed by atoms with E-state index in [2.05, 4.69) is 20.7 Å². The van der Waals surface area contributed by atoms with Gasteiger partial charge in [0.15, 0.2) is 11.0 Å². The minimum atomic E-state index is -4.41. The topological polar surface area (TPSA) is 81.4 Å². The Morgan fingerprint density at radius 2 is 1.73 bits per heavy atom. The van der Waals surface area contributed by atoms with Crippen LogP contribution in [0.5, 0.6) is 5.75 Å². The highest BCUT2D eigenvalue weighted by atomic mass is 32.2. The molecule has 0 aliphatic carbocycles. The molecule has 0 radical (unpaired) electrons. The largest absolute Gasteiger partial charge is 0.494 e. The number of aromatic nitrogens is 3. The summed E-state index contributed by atoms with van der Waals surface area (Å²) >= 11 is 1.18. The van der Waals surface area contributed by atoms with Crippen LogP contribution in [-0.2, 0) is 11.0 Å². The summed E-state index contributed by atoms with van der Waals surface area (Å²) in [6.45, 7) is 2.47. The van der Waals surface area contributed by atoms with E-state index in [0.717, 1.165) is 29.1 Å². The van der Waals surface area contributed by atoms with Crippen molar-refractivity contribution in [1.29, 1.82) is 0 Å². The van der Waals surface area contributed by atoms with E-state index in [-0.39, 0.29) is 5.75 Å². The van der Waals surface area contributed by atoms with E-state index < -0.39 is 17.6 Å². The second kappa shape index (κ2) is 11.7. The highest BCUT2D eigenvalue weighted by molar-refractivity contribution is 7.99. The summed E-state index contributed by atoms with van der Waals surface area (Å²) in [4.78, 5) is 12.4. The number of carbonyl (C=O) groups is 1. The van der Waals surface area contributed by atoms with Gasteiger partial charge in [-0.3, -0.25) is 9.36 Å². The van der Waals surface area contributed by atoms with E-state index in [1.54, 1.807) is 0 Å². The summed E-state index contributed by atoms with van der Waals surface area (Å²) < 4.78 is 45.4. The summed E-state index contributed by atoms with van der Waals surface area (Å²) in [5.74, 6) is 0.942. The number of nitrogens with zero attached hydrogens (tertiary/aromatic N) is 4. The Morgan fingerprint density at radius 3 is 2.38 bits per heavy atom. The lowest BCUT2D eigenvalue weighted by Crippen LogP contribution is -2.20. The van der Waals surface area contributed by atoms with Crippen molar-refractivity contribution < 1.29 is 22.7 Å². The maximum Gasteiger partial charge on any atom is 0.416 e. The first-order valence-corrected chi connectivity index (χ1v) is 12.2. The van der Waals surface area contributed by atoms with Gasteiger partial charge in [-0.2, -0.15) is 18.3 Å². The molecule has 0 saturated carbocycles. The van der Waals surface area contributed by atoms with Crippen molar-refractivity contribution in [2.75, 3.05) is 12.4 Å². The fourth-order valence-corrected chi connectivity index (χ4v) is 4.07. The van der Waals surface area contributed by atoms with E-state index in [0.29, 0.717) is 23.2 Å². The van der Waals surface area contributed by atoms with Gasteiger partial charge in [-0.15, -0.1) is 10.2 Å². The lowest BCUT2D eigenvalue weighted by Gasteiger charge is -2.11. The fourth-order valence-electron chi connectivity index (χ4n) is 3.33. The van der Waals surface area contributed by atoms with Gasteiger partial charge in [0.1, 0.15) is 5.75 Å². The van der Waals surface area contributed by atoms with Gasteiger partial charge >= 0.3 is 6.18 Å². The van der Waals surface area contributed by atoms with Crippen LogP contribution in [0.1, 0.15) is 18.1 Å². The molecule has 0 spiro atoms. The first-order valence-electron chi connectivity index (χ1n) is 11.2. The van der Waals surface area contributed by atoms with Crippen molar-refractivity contribution in [1.82, 2.24) is 20.2 Å². The van der Waals surface area contributed by atoms with E-state index in [9.17, 15) is 18.0 Å². The van der Waals surface area contributed by atoms with Crippen LogP contribution in [0.2, 0.25) is 0 Å². The highest BCUT2D eigenvalue weighted by Gasteiger charge is 2.29. The highest BCUT2D eigenvalue weighted by Crippen LogP contribution is 2.30. The molecule has 0 atom stereocenters. The summed E-state index contributed by atoms with van der Waals surface area (Å²) in [7, 11) is 0. The molecule has 0 saturated heterocycles. The number of hydrogen-bond acceptors (Lipinski definition) is 6. The number of amides is 1. The molecule has 1 aromatic heterocycles. The minimum absolute atomic E-state index is 0.00565. The average Bonchev–Trinajstić information content (AvgIpc) is 3.32. The Bertz CT molecular complexity index is 1360. The summed E-state index contributed by atoms with van der Waals surface area (Å²) in [6.07, 6.45) is -3.13. The predicted molar refractivity (Wildman–Crippen MR) is 136 cm³/mol. The minimum Gasteiger partial charge on any atom is -0.494 e. The van der Waals surface area contributed by atoms with Crippen molar-refractivity contribution >= 4 is 23.9 Å². The molecule has 190 valence electrons. The van der Waals surface area contributed by atoms with Crippen LogP contribution in [0.4, 0.5) is 13.2 Å². The number of carbonyl (C=O) groups excluding carboxylic acids is 1. The molecule has 0 unspecified atom stereocenters. The normalized spacial score (nSPS) is 11.6. The lowest BCUT2D eigenvalue weighted by atomic mass is 10.1. The van der Waals surface area contributed by atoms with Crippen molar-refractivity contribution in [3.05, 3.63) is 90.0 Å². The summed E-state index contributed by atoms with van der Waals surface area (Å²) in [6, 6.07) is 21.5. The third kappa shape index (κ3) is 6.76. The van der Waals surface area contributed by atoms with Gasteiger partial charge in [0.25, 0.3) is 5.91 Å². The molecule has 0 aliphatic rings. The summed E-state index contributed by atoms with van der Waals surface area (Å²) in [5.41, 5.74) is 3.71. The van der Waals surface area contributed by atoms with Gasteiger partial charge in [-0.1, -0.05) is 54.2 Å². The number of hydrazone groups is 1. The molecule has 0 bridgehead atoms. The first kappa shape index (κ1) is 26.0. The van der Waals surface area contributed by atoms with Crippen molar-refractivity contribution in [3.63, 3.8) is 0 Å². The van der Waals surface area contributed by atoms with Crippen molar-refractivity contribution in [3.8, 4) is 22.8 Å². The molecule has 1 amide bonds. The van der Waals surface area contributed by atoms with Crippen LogP contribution < -0.4 is 10.2 Å². The zero-order chi connectivity index (χ0) is 26.3. The van der Waals surface area contributed by atoms with Crippen LogP contribution in [-0.4, -0.2) is 39.2 Å². The molecule has 0 fully saturated rings. The van der Waals surface area contributed by atoms with Gasteiger partial charge in [0.05, 0.1) is 24.1 Å². The second-order valence-corrected chi connectivity index (χ2v) is 8.58. The van der Waals surface area contributed by atoms with E-state index >= 15 is 0 Å². The molecule has 37 heavy (non-hydrogen) atoms. The second-order valence-electron chi connectivity index (χ2n) is 7.64. The standard InChI is InChI=1S/C26H22F3N5O2S/c1-2-36-22-14-12-21(13-15-22)34-24(19-6-4-3-5-7-19)32-33-25(34)37-17-23(35)31-30-16-18-8-10-20(11-9-18)26(27,28)29/h3-16H,2,17H2,1H3,(H,31,35)/b30-16-. The molecule has 7 nitrogen and oxygen atoms in total. The van der Waals surface area contributed by atoms with E-state index in [1.165, 1.54) is 30.1 Å². The Kier molecular flexibility index (Phi) is 8.24. The van der Waals surface area contributed by atoms with Crippen LogP contribution in [0.25, 0.3) is 17.1 Å². The summed E-state index contributed by atoms with van der Waals surface area (Å²) in [5, 5.41) is 13.0. The van der Waals surface area contributed by atoms with Gasteiger partial charge in [0, 0.05) is 11.3 Å². The maximum atomic E-state index is 12.7. The quantitative estimate of drug-likeness (QED) is 0.175. The molecule has 4 aromatic rings. The predicted octanol–water partition coefficient (Wildman–Crippen LogP) is 5.59. The van der Waals surface area contributed by atoms with Gasteiger partial charge in [0.2, 0.25) is 0 Å². The van der Waals surface area contributed by atoms with Crippen LogP contribution in [0.15, 0.2) is 89.1 Å². The molecule has 0 aliphatic heterocycles. The number of ether oxygens (including phenoxy) is 1. The third-order valence-corrected chi connectivity index (χ3v) is 5.97. The van der Waals surface area contributed by atoms with Crippen LogP contribution in [0.3, 0.4) is 0 Å². The van der Waals surface area contributed by atoms with Gasteiger partial charge in [-0.05, 0) is 48.9 Å². The number of halogens is 3. The maximum absolute atomic E-state index is 12.7. The number of hydrogen-bond donors (Lipinski definition) is 1. The zero-order valence-corrected chi connectivity index (χ0v) is 20.5. The van der Waals surface area contributed by atoms with Crippen LogP contribution in [0, 0.1) is 0 Å². The smallest absolute Gasteiger partial charge is 0.416 e. The van der Waals surface area contributed by atoms with E-state index in [4.69, 9.17) is 4.74 Å². The number of alkyl halides is 3. The number of thioether (sulfide) groups is 1. The number of rotatable bonds is 9. The molecule has 4 rings (SSSR count). The Labute approximate surface area is 215 Å². The molecule has 1 heterocycles. The lowest BCUT2D eigenvalue weighted by molar-refractivity contribution is -0.137. The fraction of sp³-hybridized carbons (Fsp3) is 0.154. The average molecular weight is 526 g/mol. The third-order valence-electron chi connectivity index (χ3n) is 5.04. The Balaban J connectivity index is 1.46. The zero-order valence-electron chi connectivity index (χ0n) is 19.6. The molecular formula is C26H22F3N5O2S. The van der Waals surface area contributed by atoms with Gasteiger partial charge in [-0.25, -0.2) is 5.43 Å². The molecular weight excluding hydrogens is 503 g/mol. The molecule has 11 heteroatoms. The SMILES string of the molecule is CCOc1ccc(-n2c(SCC(=O)N/N=C\c3ccc(C(F)(F)F)cc3)nnc2-c2ccccc2)cc1. The van der Waals surface area contributed by atoms with Gasteiger partial charge < -0.3 is 4.74 Å². The number of nitrogens with one attached hydrogen (secondary N) is 1. The Morgan fingerprint density at radius 1 is 1.03 bits per heavy atom. The first-order chi connectivity index (χ1) is 17.8. The van der Waals surface area contributed by atoms with Crippen LogP contribution >= 0.6 is 11.8 Å². The van der Waals surface area contributed by atoms with Crippen molar-refractivity contribution in [2.24, 2.45) is 5.10 Å². The van der Waals surface area contributed by atoms with Crippen molar-refractivity contribution in [2.45, 2.75) is 18.3 Å². The number of benzene rings is 3. The monoisotopic (exact) mass is 525 g/mol. The Hall–Kier alpha value is -4.12.